The van der Waals surface area contributed by atoms with Crippen molar-refractivity contribution in [1.29, 1.82) is 0 Å². The highest BCUT2D eigenvalue weighted by Gasteiger charge is 2.08. The van der Waals surface area contributed by atoms with Crippen LogP contribution in [-0.2, 0) is 4.74 Å². The quantitative estimate of drug-likeness (QED) is 0.719. The number of hydrogen-bond acceptors (Lipinski definition) is 4. The molecule has 1 amide bonds. The number of aryl methyl sites for hydroxylation is 1. The molecular weight excluding hydrogens is 358 g/mol. The molecule has 0 atom stereocenters. The van der Waals surface area contributed by atoms with Gasteiger partial charge in [0, 0.05) is 30.4 Å². The molecule has 2 aromatic rings. The summed E-state index contributed by atoms with van der Waals surface area (Å²) in [5, 5.41) is 6.08. The first kappa shape index (κ1) is 17.4. The van der Waals surface area contributed by atoms with Gasteiger partial charge in [-0.3, -0.25) is 4.79 Å². The van der Waals surface area contributed by atoms with E-state index in [0.717, 1.165) is 34.4 Å². The van der Waals surface area contributed by atoms with Crippen LogP contribution in [0.5, 0.6) is 0 Å². The van der Waals surface area contributed by atoms with Crippen molar-refractivity contribution in [2.75, 3.05) is 30.9 Å². The third-order valence-corrected chi connectivity index (χ3v) is 4.16. The first-order valence-electron chi connectivity index (χ1n) is 7.36. The molecule has 0 aliphatic heterocycles. The highest BCUT2D eigenvalue weighted by Crippen LogP contribution is 2.20. The summed E-state index contributed by atoms with van der Waals surface area (Å²) in [6.07, 6.45) is 2.58. The topological polar surface area (TPSA) is 63.2 Å². The zero-order chi connectivity index (χ0) is 16.7. The third kappa shape index (κ3) is 5.33. The van der Waals surface area contributed by atoms with Crippen LogP contribution in [0.15, 0.2) is 41.0 Å². The van der Waals surface area contributed by atoms with Crippen LogP contribution in [0.25, 0.3) is 0 Å². The number of halogens is 1. The molecule has 2 N–H and O–H groups in total. The Morgan fingerprint density at radius 3 is 2.70 bits per heavy atom. The van der Waals surface area contributed by atoms with Gasteiger partial charge >= 0.3 is 0 Å². The molecule has 122 valence electrons. The molecule has 0 radical (unpaired) electrons. The molecule has 0 unspecified atom stereocenters. The SMILES string of the molecule is COCCCNc1ccc(C(=O)Nc2ccc(Br)c(C)c2)nc1. The van der Waals surface area contributed by atoms with Crippen LogP contribution >= 0.6 is 15.9 Å². The molecular formula is C17H20BrN3O2. The van der Waals surface area contributed by atoms with E-state index in [2.05, 4.69) is 31.5 Å². The van der Waals surface area contributed by atoms with Crippen molar-refractivity contribution in [2.24, 2.45) is 0 Å². The van der Waals surface area contributed by atoms with Crippen LogP contribution < -0.4 is 10.6 Å². The molecule has 0 saturated carbocycles. The molecule has 0 aliphatic rings. The van der Waals surface area contributed by atoms with Gasteiger partial charge in [0.25, 0.3) is 5.91 Å². The summed E-state index contributed by atoms with van der Waals surface area (Å²) >= 11 is 3.44. The maximum absolute atomic E-state index is 12.2. The van der Waals surface area contributed by atoms with Crippen molar-refractivity contribution < 1.29 is 9.53 Å². The number of carbonyl (C=O) groups excluding carboxylic acids is 1. The molecule has 0 spiro atoms. The predicted octanol–water partition coefficient (Wildman–Crippen LogP) is 3.85. The minimum absolute atomic E-state index is 0.224. The first-order chi connectivity index (χ1) is 11.1. The van der Waals surface area contributed by atoms with E-state index in [-0.39, 0.29) is 5.91 Å². The fraction of sp³-hybridized carbons (Fsp3) is 0.294. The minimum Gasteiger partial charge on any atom is -0.385 e. The Hall–Kier alpha value is -1.92. The first-order valence-corrected chi connectivity index (χ1v) is 8.16. The molecule has 1 aromatic heterocycles. The largest absolute Gasteiger partial charge is 0.385 e. The van der Waals surface area contributed by atoms with Crippen LogP contribution in [0.3, 0.4) is 0 Å². The van der Waals surface area contributed by atoms with Crippen molar-refractivity contribution in [1.82, 2.24) is 4.98 Å². The molecule has 2 rings (SSSR count). The normalized spacial score (nSPS) is 10.4. The zero-order valence-corrected chi connectivity index (χ0v) is 14.8. The Bertz CT molecular complexity index is 659. The number of hydrogen-bond donors (Lipinski definition) is 2. The van der Waals surface area contributed by atoms with Gasteiger partial charge in [0.05, 0.1) is 11.9 Å². The number of nitrogens with one attached hydrogen (secondary N) is 2. The molecule has 0 fully saturated rings. The second-order valence-corrected chi connectivity index (χ2v) is 5.98. The van der Waals surface area contributed by atoms with Gasteiger partial charge < -0.3 is 15.4 Å². The number of nitrogens with zero attached hydrogens (tertiary/aromatic N) is 1. The Balaban J connectivity index is 1.93. The molecule has 6 heteroatoms. The highest BCUT2D eigenvalue weighted by atomic mass is 79.9. The molecule has 1 heterocycles. The Kier molecular flexibility index (Phi) is 6.55. The van der Waals surface area contributed by atoms with E-state index in [0.29, 0.717) is 12.3 Å². The Labute approximate surface area is 144 Å². The van der Waals surface area contributed by atoms with Crippen LogP contribution in [-0.4, -0.2) is 31.2 Å². The summed E-state index contributed by atoms with van der Waals surface area (Å²) in [6.45, 7) is 3.49. The molecule has 0 aliphatic carbocycles. The van der Waals surface area contributed by atoms with Crippen molar-refractivity contribution in [3.05, 3.63) is 52.3 Å². The molecule has 0 bridgehead atoms. The summed E-state index contributed by atoms with van der Waals surface area (Å²) in [5.41, 5.74) is 3.08. The van der Waals surface area contributed by atoms with Crippen molar-refractivity contribution in [3.63, 3.8) is 0 Å². The number of pyridine rings is 1. The van der Waals surface area contributed by atoms with E-state index in [1.807, 2.05) is 31.2 Å². The van der Waals surface area contributed by atoms with Gasteiger partial charge in [-0.2, -0.15) is 0 Å². The lowest BCUT2D eigenvalue weighted by Gasteiger charge is -2.08. The smallest absolute Gasteiger partial charge is 0.274 e. The minimum atomic E-state index is -0.224. The number of rotatable bonds is 7. The van der Waals surface area contributed by atoms with Crippen LogP contribution in [0, 0.1) is 6.92 Å². The summed E-state index contributed by atoms with van der Waals surface area (Å²) in [5.74, 6) is -0.224. The number of carbonyl (C=O) groups is 1. The summed E-state index contributed by atoms with van der Waals surface area (Å²) < 4.78 is 6.00. The molecule has 23 heavy (non-hydrogen) atoms. The lowest BCUT2D eigenvalue weighted by molar-refractivity contribution is 0.102. The lowest BCUT2D eigenvalue weighted by atomic mass is 10.2. The number of amides is 1. The number of aromatic nitrogens is 1. The summed E-state index contributed by atoms with van der Waals surface area (Å²) in [6, 6.07) is 9.22. The molecule has 1 aromatic carbocycles. The maximum Gasteiger partial charge on any atom is 0.274 e. The maximum atomic E-state index is 12.2. The van der Waals surface area contributed by atoms with Crippen LogP contribution in [0.1, 0.15) is 22.5 Å². The highest BCUT2D eigenvalue weighted by molar-refractivity contribution is 9.10. The van der Waals surface area contributed by atoms with Gasteiger partial charge in [0.1, 0.15) is 5.69 Å². The fourth-order valence-corrected chi connectivity index (χ4v) is 2.25. The number of benzene rings is 1. The van der Waals surface area contributed by atoms with Crippen molar-refractivity contribution >= 4 is 33.2 Å². The van der Waals surface area contributed by atoms with Gasteiger partial charge in [0.15, 0.2) is 0 Å². The van der Waals surface area contributed by atoms with Gasteiger partial charge in [0.2, 0.25) is 0 Å². The van der Waals surface area contributed by atoms with Gasteiger partial charge in [-0.25, -0.2) is 4.98 Å². The van der Waals surface area contributed by atoms with E-state index in [1.54, 1.807) is 19.4 Å². The van der Waals surface area contributed by atoms with Gasteiger partial charge in [-0.1, -0.05) is 15.9 Å². The molecule has 5 nitrogen and oxygen atoms in total. The average molecular weight is 378 g/mol. The van der Waals surface area contributed by atoms with Crippen LogP contribution in [0.4, 0.5) is 11.4 Å². The molecule has 0 saturated heterocycles. The van der Waals surface area contributed by atoms with Crippen LogP contribution in [0.2, 0.25) is 0 Å². The van der Waals surface area contributed by atoms with Gasteiger partial charge in [-0.15, -0.1) is 0 Å². The van der Waals surface area contributed by atoms with E-state index < -0.39 is 0 Å². The average Bonchev–Trinajstić information content (AvgIpc) is 2.55. The van der Waals surface area contributed by atoms with E-state index in [4.69, 9.17) is 4.74 Å². The summed E-state index contributed by atoms with van der Waals surface area (Å²) in [4.78, 5) is 16.4. The van der Waals surface area contributed by atoms with E-state index in [9.17, 15) is 4.79 Å². The van der Waals surface area contributed by atoms with Gasteiger partial charge in [-0.05, 0) is 49.2 Å². The predicted molar refractivity (Wildman–Crippen MR) is 96.1 cm³/mol. The van der Waals surface area contributed by atoms with Crippen molar-refractivity contribution in [2.45, 2.75) is 13.3 Å². The monoisotopic (exact) mass is 377 g/mol. The second-order valence-electron chi connectivity index (χ2n) is 5.12. The Morgan fingerprint density at radius 2 is 2.04 bits per heavy atom. The van der Waals surface area contributed by atoms with E-state index >= 15 is 0 Å². The number of ether oxygens (including phenoxy) is 1. The zero-order valence-electron chi connectivity index (χ0n) is 13.2. The fourth-order valence-electron chi connectivity index (χ4n) is 2.00. The van der Waals surface area contributed by atoms with Crippen molar-refractivity contribution in [3.8, 4) is 0 Å². The standard InChI is InChI=1S/C17H20BrN3O2/c1-12-10-13(4-6-15(12)18)21-17(22)16-7-5-14(11-20-16)19-8-3-9-23-2/h4-7,10-11,19H,3,8-9H2,1-2H3,(H,21,22). The number of anilines is 2. The number of methoxy groups -OCH3 is 1. The lowest BCUT2D eigenvalue weighted by Crippen LogP contribution is -2.14. The Morgan fingerprint density at radius 1 is 1.26 bits per heavy atom. The van der Waals surface area contributed by atoms with E-state index in [1.165, 1.54) is 0 Å². The second kappa shape index (κ2) is 8.64. The summed E-state index contributed by atoms with van der Waals surface area (Å²) in [7, 11) is 1.68. The third-order valence-electron chi connectivity index (χ3n) is 3.27.